The van der Waals surface area contributed by atoms with Gasteiger partial charge in [0.05, 0.1) is 0 Å². The highest BCUT2D eigenvalue weighted by Gasteiger charge is 2.04. The van der Waals surface area contributed by atoms with E-state index in [0.29, 0.717) is 12.5 Å². The third kappa shape index (κ3) is 4.22. The van der Waals surface area contributed by atoms with Crippen LogP contribution in [0.2, 0.25) is 0 Å². The zero-order valence-electron chi connectivity index (χ0n) is 9.63. The largest absolute Gasteiger partial charge is 0.353 e. The van der Waals surface area contributed by atoms with Crippen LogP contribution in [0.3, 0.4) is 0 Å². The molecule has 5 heteroatoms. The second-order valence-corrected chi connectivity index (χ2v) is 3.33. The number of rotatable bonds is 4. The molecular weight excluding hydrogens is 224 g/mol. The Hall–Kier alpha value is -1.91. The van der Waals surface area contributed by atoms with Crippen molar-refractivity contribution >= 4 is 5.96 Å². The maximum Gasteiger partial charge on any atom is 0.191 e. The predicted molar refractivity (Wildman–Crippen MR) is 64.8 cm³/mol. The molecular formula is C12H15F2N3. The zero-order chi connectivity index (χ0) is 12.7. The van der Waals surface area contributed by atoms with Crippen molar-refractivity contribution in [2.45, 2.75) is 6.54 Å². The summed E-state index contributed by atoms with van der Waals surface area (Å²) in [5.41, 5.74) is 0.256. The van der Waals surface area contributed by atoms with Crippen molar-refractivity contribution in [2.75, 3.05) is 13.6 Å². The molecule has 2 N–H and O–H groups in total. The lowest BCUT2D eigenvalue weighted by atomic mass is 10.2. The van der Waals surface area contributed by atoms with Crippen LogP contribution in [0.25, 0.3) is 0 Å². The maximum absolute atomic E-state index is 13.3. The summed E-state index contributed by atoms with van der Waals surface area (Å²) in [6, 6.07) is 3.35. The Morgan fingerprint density at radius 3 is 2.82 bits per heavy atom. The van der Waals surface area contributed by atoms with Crippen LogP contribution in [0, 0.1) is 11.6 Å². The van der Waals surface area contributed by atoms with Gasteiger partial charge in [0.1, 0.15) is 11.6 Å². The number of nitrogens with one attached hydrogen (secondary N) is 2. The first-order valence-corrected chi connectivity index (χ1v) is 5.16. The summed E-state index contributed by atoms with van der Waals surface area (Å²) >= 11 is 0. The smallest absolute Gasteiger partial charge is 0.191 e. The molecule has 0 radical (unpaired) electrons. The molecule has 0 saturated carbocycles. The van der Waals surface area contributed by atoms with Gasteiger partial charge in [0.25, 0.3) is 0 Å². The maximum atomic E-state index is 13.3. The molecule has 0 aliphatic heterocycles. The Morgan fingerprint density at radius 1 is 1.41 bits per heavy atom. The van der Waals surface area contributed by atoms with Crippen molar-refractivity contribution < 1.29 is 8.78 Å². The molecule has 0 heterocycles. The highest BCUT2D eigenvalue weighted by molar-refractivity contribution is 5.79. The average molecular weight is 239 g/mol. The van der Waals surface area contributed by atoms with Gasteiger partial charge in [0.15, 0.2) is 5.96 Å². The van der Waals surface area contributed by atoms with Crippen LogP contribution in [-0.4, -0.2) is 19.6 Å². The molecule has 0 amide bonds. The highest BCUT2D eigenvalue weighted by atomic mass is 19.1. The second-order valence-electron chi connectivity index (χ2n) is 3.33. The number of hydrogen-bond donors (Lipinski definition) is 2. The number of hydrogen-bond acceptors (Lipinski definition) is 1. The monoisotopic (exact) mass is 239 g/mol. The second kappa shape index (κ2) is 6.62. The molecule has 0 unspecified atom stereocenters. The molecule has 1 rings (SSSR count). The minimum atomic E-state index is -0.461. The zero-order valence-corrected chi connectivity index (χ0v) is 9.63. The molecule has 0 spiro atoms. The Balaban J connectivity index is 2.59. The van der Waals surface area contributed by atoms with Crippen molar-refractivity contribution in [2.24, 2.45) is 4.99 Å². The summed E-state index contributed by atoms with van der Waals surface area (Å²) < 4.78 is 26.2. The van der Waals surface area contributed by atoms with Crippen molar-refractivity contribution in [1.82, 2.24) is 10.6 Å². The number of nitrogens with zero attached hydrogens (tertiary/aromatic N) is 1. The van der Waals surface area contributed by atoms with Crippen molar-refractivity contribution in [1.29, 1.82) is 0 Å². The SMILES string of the molecule is C=CCNC(=NC)NCc1cc(F)ccc1F. The summed E-state index contributed by atoms with van der Waals surface area (Å²) in [4.78, 5) is 3.92. The first kappa shape index (κ1) is 13.2. The van der Waals surface area contributed by atoms with Gasteiger partial charge in [-0.05, 0) is 18.2 Å². The fraction of sp³-hybridized carbons (Fsp3) is 0.250. The van der Waals surface area contributed by atoms with Gasteiger partial charge in [0.2, 0.25) is 0 Å². The molecule has 0 atom stereocenters. The molecule has 17 heavy (non-hydrogen) atoms. The van der Waals surface area contributed by atoms with Gasteiger partial charge in [-0.1, -0.05) is 6.08 Å². The van der Waals surface area contributed by atoms with Gasteiger partial charge in [-0.15, -0.1) is 6.58 Å². The van der Waals surface area contributed by atoms with Gasteiger partial charge in [-0.25, -0.2) is 8.78 Å². The fourth-order valence-corrected chi connectivity index (χ4v) is 1.25. The number of halogens is 2. The first-order valence-electron chi connectivity index (χ1n) is 5.16. The minimum absolute atomic E-state index is 0.167. The topological polar surface area (TPSA) is 36.4 Å². The van der Waals surface area contributed by atoms with Crippen LogP contribution in [0.4, 0.5) is 8.78 Å². The van der Waals surface area contributed by atoms with E-state index >= 15 is 0 Å². The quantitative estimate of drug-likeness (QED) is 0.477. The molecule has 0 aliphatic rings. The van der Waals surface area contributed by atoms with Crippen LogP contribution in [0.1, 0.15) is 5.56 Å². The third-order valence-corrected chi connectivity index (χ3v) is 2.09. The van der Waals surface area contributed by atoms with Crippen molar-refractivity contribution in [3.05, 3.63) is 48.1 Å². The molecule has 0 aromatic heterocycles. The van der Waals surface area contributed by atoms with Crippen molar-refractivity contribution in [3.63, 3.8) is 0 Å². The summed E-state index contributed by atoms with van der Waals surface area (Å²) in [5, 5.41) is 5.80. The molecule has 0 aliphatic carbocycles. The lowest BCUT2D eigenvalue weighted by molar-refractivity contribution is 0.581. The number of benzene rings is 1. The molecule has 92 valence electrons. The number of guanidine groups is 1. The Morgan fingerprint density at radius 2 is 2.18 bits per heavy atom. The Labute approximate surface area is 99.3 Å². The van der Waals surface area contributed by atoms with E-state index in [4.69, 9.17) is 0 Å². The predicted octanol–water partition coefficient (Wildman–Crippen LogP) is 1.82. The van der Waals surface area contributed by atoms with Crippen LogP contribution < -0.4 is 10.6 Å². The van der Waals surface area contributed by atoms with Gasteiger partial charge >= 0.3 is 0 Å². The Kier molecular flexibility index (Phi) is 5.13. The molecule has 0 bridgehead atoms. The van der Waals surface area contributed by atoms with E-state index < -0.39 is 11.6 Å². The lowest BCUT2D eigenvalue weighted by Crippen LogP contribution is -2.36. The minimum Gasteiger partial charge on any atom is -0.353 e. The molecule has 0 saturated heterocycles. The van der Waals surface area contributed by atoms with E-state index in [-0.39, 0.29) is 12.1 Å². The summed E-state index contributed by atoms with van der Waals surface area (Å²) in [6.07, 6.45) is 1.68. The highest BCUT2D eigenvalue weighted by Crippen LogP contribution is 2.08. The summed E-state index contributed by atoms with van der Waals surface area (Å²) in [5.74, 6) is -0.399. The van der Waals surface area contributed by atoms with E-state index in [0.717, 1.165) is 18.2 Å². The van der Waals surface area contributed by atoms with Crippen LogP contribution >= 0.6 is 0 Å². The molecule has 1 aromatic carbocycles. The first-order chi connectivity index (χ1) is 8.17. The van der Waals surface area contributed by atoms with Crippen LogP contribution in [0.5, 0.6) is 0 Å². The van der Waals surface area contributed by atoms with E-state index in [1.54, 1.807) is 13.1 Å². The average Bonchev–Trinajstić information content (AvgIpc) is 2.33. The van der Waals surface area contributed by atoms with Crippen LogP contribution in [0.15, 0.2) is 35.8 Å². The summed E-state index contributed by atoms with van der Waals surface area (Å²) in [7, 11) is 1.60. The number of aliphatic imine (C=N–C) groups is 1. The normalized spacial score (nSPS) is 11.1. The standard InChI is InChI=1S/C12H15F2N3/c1-3-6-16-12(15-2)17-8-9-7-10(13)4-5-11(9)14/h3-5,7H,1,6,8H2,2H3,(H2,15,16,17). The van der Waals surface area contributed by atoms with E-state index in [1.165, 1.54) is 0 Å². The van der Waals surface area contributed by atoms with E-state index in [2.05, 4.69) is 22.2 Å². The van der Waals surface area contributed by atoms with Gasteiger partial charge in [-0.2, -0.15) is 0 Å². The Bertz CT molecular complexity index is 416. The third-order valence-electron chi connectivity index (χ3n) is 2.09. The fourth-order valence-electron chi connectivity index (χ4n) is 1.25. The van der Waals surface area contributed by atoms with E-state index in [9.17, 15) is 8.78 Å². The lowest BCUT2D eigenvalue weighted by Gasteiger charge is -2.10. The van der Waals surface area contributed by atoms with Gasteiger partial charge in [0, 0.05) is 25.7 Å². The van der Waals surface area contributed by atoms with Crippen molar-refractivity contribution in [3.8, 4) is 0 Å². The van der Waals surface area contributed by atoms with Crippen LogP contribution in [-0.2, 0) is 6.54 Å². The molecule has 0 fully saturated rings. The summed E-state index contributed by atoms with van der Waals surface area (Å²) in [6.45, 7) is 4.27. The van der Waals surface area contributed by atoms with Gasteiger partial charge < -0.3 is 10.6 Å². The molecule has 1 aromatic rings. The molecule has 3 nitrogen and oxygen atoms in total. The van der Waals surface area contributed by atoms with E-state index in [1.807, 2.05) is 0 Å². The van der Waals surface area contributed by atoms with Gasteiger partial charge in [-0.3, -0.25) is 4.99 Å².